The first-order valence-corrected chi connectivity index (χ1v) is 7.43. The molecule has 1 aromatic carbocycles. The average Bonchev–Trinajstić information content (AvgIpc) is 2.43. The summed E-state index contributed by atoms with van der Waals surface area (Å²) in [7, 11) is 0. The van der Waals surface area contributed by atoms with Crippen molar-refractivity contribution in [2.24, 2.45) is 0 Å². The van der Waals surface area contributed by atoms with Gasteiger partial charge in [0.05, 0.1) is 16.2 Å². The summed E-state index contributed by atoms with van der Waals surface area (Å²) < 4.78 is 0. The third-order valence-electron chi connectivity index (χ3n) is 3.35. The summed E-state index contributed by atoms with van der Waals surface area (Å²) >= 11 is 6.22. The molecular weight excluding hydrogens is 256 g/mol. The van der Waals surface area contributed by atoms with E-state index in [0.717, 1.165) is 21.6 Å². The van der Waals surface area contributed by atoms with E-state index in [-0.39, 0.29) is 0 Å². The highest BCUT2D eigenvalue weighted by Crippen LogP contribution is 2.29. The van der Waals surface area contributed by atoms with Crippen LogP contribution in [-0.2, 0) is 0 Å². The first-order valence-electron chi connectivity index (χ1n) is 7.06. The Kier molecular flexibility index (Phi) is 5.03. The van der Waals surface area contributed by atoms with Gasteiger partial charge >= 0.3 is 0 Å². The Morgan fingerprint density at radius 1 is 1.16 bits per heavy atom. The monoisotopic (exact) mass is 276 g/mol. The van der Waals surface area contributed by atoms with Crippen molar-refractivity contribution in [3.05, 3.63) is 35.5 Å². The second kappa shape index (κ2) is 6.76. The zero-order valence-electron chi connectivity index (χ0n) is 11.6. The van der Waals surface area contributed by atoms with Gasteiger partial charge in [-0.3, -0.25) is 4.98 Å². The summed E-state index contributed by atoms with van der Waals surface area (Å²) in [5.74, 6) is 0. The van der Waals surface area contributed by atoms with Crippen LogP contribution in [0.25, 0.3) is 10.9 Å². The van der Waals surface area contributed by atoms with Crippen LogP contribution >= 0.6 is 11.6 Å². The van der Waals surface area contributed by atoms with Crippen LogP contribution in [0.4, 0.5) is 5.69 Å². The van der Waals surface area contributed by atoms with Gasteiger partial charge in [-0.1, -0.05) is 38.3 Å². The van der Waals surface area contributed by atoms with Crippen molar-refractivity contribution in [1.29, 1.82) is 0 Å². The number of halogens is 1. The Morgan fingerprint density at radius 3 is 2.58 bits per heavy atom. The number of hydrogen-bond acceptors (Lipinski definition) is 2. The summed E-state index contributed by atoms with van der Waals surface area (Å²) in [6, 6.07) is 8.44. The molecule has 0 spiro atoms. The second-order valence-corrected chi connectivity index (χ2v) is 5.32. The fourth-order valence-electron chi connectivity index (χ4n) is 2.46. The molecule has 2 rings (SSSR count). The summed E-state index contributed by atoms with van der Waals surface area (Å²) in [6.07, 6.45) is 6.57. The minimum atomic E-state index is 0.515. The summed E-state index contributed by atoms with van der Waals surface area (Å²) in [6.45, 7) is 4.45. The number of pyridine rings is 1. The van der Waals surface area contributed by atoms with Crippen molar-refractivity contribution < 1.29 is 0 Å². The highest BCUT2D eigenvalue weighted by atomic mass is 35.5. The van der Waals surface area contributed by atoms with Crippen LogP contribution in [0.1, 0.15) is 39.5 Å². The molecule has 3 heteroatoms. The number of fused-ring (bicyclic) bond motifs is 1. The van der Waals surface area contributed by atoms with Crippen LogP contribution in [-0.4, -0.2) is 11.0 Å². The van der Waals surface area contributed by atoms with Crippen LogP contribution < -0.4 is 5.32 Å². The first-order chi connectivity index (χ1) is 9.26. The van der Waals surface area contributed by atoms with Crippen molar-refractivity contribution in [1.82, 2.24) is 4.98 Å². The van der Waals surface area contributed by atoms with E-state index in [1.54, 1.807) is 0 Å². The van der Waals surface area contributed by atoms with Gasteiger partial charge < -0.3 is 5.32 Å². The lowest BCUT2D eigenvalue weighted by atomic mass is 10.1. The fourth-order valence-corrected chi connectivity index (χ4v) is 2.68. The SMILES string of the molecule is CCCC(CCC)Nc1ccc(Cl)c2cccnc12. The molecule has 102 valence electrons. The van der Waals surface area contributed by atoms with Gasteiger partial charge in [0.15, 0.2) is 0 Å². The third-order valence-corrected chi connectivity index (χ3v) is 3.68. The van der Waals surface area contributed by atoms with Crippen molar-refractivity contribution in [3.63, 3.8) is 0 Å². The molecule has 2 aromatic rings. The van der Waals surface area contributed by atoms with Crippen LogP contribution in [0.2, 0.25) is 5.02 Å². The van der Waals surface area contributed by atoms with Crippen LogP contribution in [0, 0.1) is 0 Å². The minimum absolute atomic E-state index is 0.515. The average molecular weight is 277 g/mol. The Bertz CT molecular complexity index is 533. The Morgan fingerprint density at radius 2 is 1.89 bits per heavy atom. The Labute approximate surface area is 120 Å². The van der Waals surface area contributed by atoms with Gasteiger partial charge in [0, 0.05) is 17.6 Å². The number of hydrogen-bond donors (Lipinski definition) is 1. The molecule has 0 atom stereocenters. The van der Waals surface area contributed by atoms with Crippen LogP contribution in [0.5, 0.6) is 0 Å². The molecule has 19 heavy (non-hydrogen) atoms. The van der Waals surface area contributed by atoms with E-state index >= 15 is 0 Å². The molecule has 0 radical (unpaired) electrons. The van der Waals surface area contributed by atoms with E-state index in [1.165, 1.54) is 25.7 Å². The topological polar surface area (TPSA) is 24.9 Å². The number of nitrogens with one attached hydrogen (secondary N) is 1. The predicted molar refractivity (Wildman–Crippen MR) is 84.0 cm³/mol. The second-order valence-electron chi connectivity index (χ2n) is 4.91. The maximum Gasteiger partial charge on any atom is 0.0948 e. The smallest absolute Gasteiger partial charge is 0.0948 e. The van der Waals surface area contributed by atoms with Crippen LogP contribution in [0.15, 0.2) is 30.5 Å². The molecule has 0 aliphatic carbocycles. The van der Waals surface area contributed by atoms with Gasteiger partial charge in [0.2, 0.25) is 0 Å². The van der Waals surface area contributed by atoms with Crippen molar-refractivity contribution in [2.45, 2.75) is 45.6 Å². The lowest BCUT2D eigenvalue weighted by Gasteiger charge is -2.19. The molecule has 2 nitrogen and oxygen atoms in total. The van der Waals surface area contributed by atoms with Crippen molar-refractivity contribution in [3.8, 4) is 0 Å². The lowest BCUT2D eigenvalue weighted by Crippen LogP contribution is -2.19. The van der Waals surface area contributed by atoms with Gasteiger partial charge in [0.1, 0.15) is 0 Å². The van der Waals surface area contributed by atoms with E-state index in [2.05, 4.69) is 24.1 Å². The molecule has 0 amide bonds. The number of nitrogens with zero attached hydrogens (tertiary/aromatic N) is 1. The summed E-state index contributed by atoms with van der Waals surface area (Å²) in [5, 5.41) is 5.41. The van der Waals surface area contributed by atoms with Gasteiger partial charge in [-0.05, 0) is 37.1 Å². The quantitative estimate of drug-likeness (QED) is 0.777. The van der Waals surface area contributed by atoms with E-state index in [9.17, 15) is 0 Å². The minimum Gasteiger partial charge on any atom is -0.381 e. The molecule has 0 bridgehead atoms. The molecule has 0 fully saturated rings. The molecular formula is C16H21ClN2. The lowest BCUT2D eigenvalue weighted by molar-refractivity contribution is 0.587. The third kappa shape index (κ3) is 3.38. The molecule has 0 aliphatic heterocycles. The number of anilines is 1. The molecule has 0 saturated heterocycles. The van der Waals surface area contributed by atoms with E-state index < -0.39 is 0 Å². The van der Waals surface area contributed by atoms with Gasteiger partial charge in [-0.25, -0.2) is 0 Å². The fraction of sp³-hybridized carbons (Fsp3) is 0.438. The van der Waals surface area contributed by atoms with E-state index in [0.29, 0.717) is 6.04 Å². The zero-order valence-corrected chi connectivity index (χ0v) is 12.4. The first kappa shape index (κ1) is 14.1. The van der Waals surface area contributed by atoms with Crippen LogP contribution in [0.3, 0.4) is 0 Å². The normalized spacial score (nSPS) is 11.2. The number of rotatable bonds is 6. The molecule has 0 unspecified atom stereocenters. The van der Waals surface area contributed by atoms with Gasteiger partial charge in [-0.15, -0.1) is 0 Å². The summed E-state index contributed by atoms with van der Waals surface area (Å²) in [5.41, 5.74) is 2.05. The Balaban J connectivity index is 2.31. The van der Waals surface area contributed by atoms with Gasteiger partial charge in [0.25, 0.3) is 0 Å². The largest absolute Gasteiger partial charge is 0.381 e. The number of aromatic nitrogens is 1. The molecule has 1 aromatic heterocycles. The molecule has 1 heterocycles. The van der Waals surface area contributed by atoms with E-state index in [1.807, 2.05) is 30.5 Å². The van der Waals surface area contributed by atoms with E-state index in [4.69, 9.17) is 11.6 Å². The summed E-state index contributed by atoms with van der Waals surface area (Å²) in [4.78, 5) is 4.47. The maximum atomic E-state index is 6.22. The Hall–Kier alpha value is -1.28. The predicted octanol–water partition coefficient (Wildman–Crippen LogP) is 5.27. The highest BCUT2D eigenvalue weighted by molar-refractivity contribution is 6.35. The number of benzene rings is 1. The zero-order chi connectivity index (χ0) is 13.7. The molecule has 1 N–H and O–H groups in total. The van der Waals surface area contributed by atoms with Crippen molar-refractivity contribution in [2.75, 3.05) is 5.32 Å². The maximum absolute atomic E-state index is 6.22. The standard InChI is InChI=1S/C16H21ClN2/c1-3-6-12(7-4-2)19-15-10-9-14(17)13-8-5-11-18-16(13)15/h5,8-12,19H,3-4,6-7H2,1-2H3. The van der Waals surface area contributed by atoms with Gasteiger partial charge in [-0.2, -0.15) is 0 Å². The van der Waals surface area contributed by atoms with Crippen molar-refractivity contribution >= 4 is 28.2 Å². The molecule has 0 saturated carbocycles. The highest BCUT2D eigenvalue weighted by Gasteiger charge is 2.10. The molecule has 0 aliphatic rings.